The van der Waals surface area contributed by atoms with Crippen molar-refractivity contribution in [3.8, 4) is 0 Å². The van der Waals surface area contributed by atoms with Gasteiger partial charge in [-0.25, -0.2) is 13.2 Å². The van der Waals surface area contributed by atoms with Crippen LogP contribution in [0.1, 0.15) is 29.5 Å². The van der Waals surface area contributed by atoms with Crippen molar-refractivity contribution in [2.45, 2.75) is 50.3 Å². The lowest BCUT2D eigenvalue weighted by Gasteiger charge is -2.38. The van der Waals surface area contributed by atoms with E-state index in [4.69, 9.17) is 9.90 Å². The molecule has 0 saturated carbocycles. The number of carboxylic acids is 1. The van der Waals surface area contributed by atoms with Crippen LogP contribution in [-0.4, -0.2) is 97.5 Å². The molecule has 2 aromatic carbocycles. The Labute approximate surface area is 239 Å². The third-order valence-corrected chi connectivity index (χ3v) is 9.20. The first-order chi connectivity index (χ1) is 19.3. The number of amides is 1. The normalized spacial score (nSPS) is 17.2. The molecule has 2 saturated heterocycles. The number of rotatable bonds is 7. The fourth-order valence-corrected chi connectivity index (χ4v) is 6.49. The molecule has 0 unspecified atom stereocenters. The second kappa shape index (κ2) is 14.3. The van der Waals surface area contributed by atoms with Gasteiger partial charge in [0.2, 0.25) is 15.9 Å². The molecule has 0 spiro atoms. The number of carbonyl (C=O) groups excluding carboxylic acids is 1. The van der Waals surface area contributed by atoms with Crippen LogP contribution >= 0.6 is 0 Å². The number of carbonyl (C=O) groups is 2. The molecule has 13 heteroatoms. The maximum Gasteiger partial charge on any atom is 0.490 e. The highest BCUT2D eigenvalue weighted by molar-refractivity contribution is 7.89. The molecule has 2 aliphatic heterocycles. The van der Waals surface area contributed by atoms with Crippen molar-refractivity contribution >= 4 is 21.9 Å². The summed E-state index contributed by atoms with van der Waals surface area (Å²) < 4.78 is 60.9. The fourth-order valence-electron chi connectivity index (χ4n) is 4.77. The highest BCUT2D eigenvalue weighted by Gasteiger charge is 2.38. The summed E-state index contributed by atoms with van der Waals surface area (Å²) in [7, 11) is -3.80. The molecule has 9 nitrogen and oxygen atoms in total. The van der Waals surface area contributed by atoms with Gasteiger partial charge < -0.3 is 15.3 Å². The molecule has 0 aromatic heterocycles. The summed E-state index contributed by atoms with van der Waals surface area (Å²) in [4.78, 5) is 26.5. The highest BCUT2D eigenvalue weighted by atomic mass is 32.2. The first kappa shape index (κ1) is 32.5. The summed E-state index contributed by atoms with van der Waals surface area (Å²) in [5.41, 5.74) is 3.25. The van der Waals surface area contributed by atoms with E-state index in [-0.39, 0.29) is 23.4 Å². The number of hydrogen-bond donors (Lipinski definition) is 2. The van der Waals surface area contributed by atoms with Gasteiger partial charge in [0, 0.05) is 51.9 Å². The van der Waals surface area contributed by atoms with Gasteiger partial charge in [-0.3, -0.25) is 9.69 Å². The molecule has 226 valence electrons. The van der Waals surface area contributed by atoms with E-state index in [0.717, 1.165) is 43.9 Å². The van der Waals surface area contributed by atoms with Crippen molar-refractivity contribution < 1.29 is 36.3 Å². The van der Waals surface area contributed by atoms with Crippen LogP contribution in [-0.2, 0) is 26.2 Å². The van der Waals surface area contributed by atoms with E-state index >= 15 is 0 Å². The maximum atomic E-state index is 13.8. The summed E-state index contributed by atoms with van der Waals surface area (Å²) in [6, 6.07) is 15.4. The molecule has 2 heterocycles. The number of benzene rings is 2. The Hall–Kier alpha value is -3.00. The second-order valence-electron chi connectivity index (χ2n) is 10.2. The largest absolute Gasteiger partial charge is 0.490 e. The highest BCUT2D eigenvalue weighted by Crippen LogP contribution is 2.26. The lowest BCUT2D eigenvalue weighted by molar-refractivity contribution is -0.192. The molecular weight excluding hydrogens is 561 g/mol. The third-order valence-electron chi connectivity index (χ3n) is 7.30. The first-order valence-corrected chi connectivity index (χ1v) is 14.9. The number of hydrogen-bond acceptors (Lipinski definition) is 6. The molecular formula is C28H37F3N4O5S. The Kier molecular flexibility index (Phi) is 11.3. The average molecular weight is 599 g/mol. The number of nitrogens with one attached hydrogen (secondary N) is 1. The van der Waals surface area contributed by atoms with Crippen LogP contribution < -0.4 is 5.32 Å². The minimum atomic E-state index is -5.08. The Morgan fingerprint density at radius 2 is 1.56 bits per heavy atom. The zero-order valence-electron chi connectivity index (χ0n) is 23.2. The molecule has 2 aliphatic rings. The number of likely N-dealkylation sites (tertiary alicyclic amines) is 1. The fraction of sp³-hybridized carbons (Fsp3) is 0.500. The minimum Gasteiger partial charge on any atom is -0.475 e. The van der Waals surface area contributed by atoms with Crippen LogP contribution in [0.3, 0.4) is 0 Å². The summed E-state index contributed by atoms with van der Waals surface area (Å²) in [5, 5.41) is 10.4. The van der Waals surface area contributed by atoms with Crippen LogP contribution in [0, 0.1) is 13.8 Å². The molecule has 41 heavy (non-hydrogen) atoms. The number of nitrogens with zero attached hydrogens (tertiary/aromatic N) is 3. The third kappa shape index (κ3) is 9.25. The number of piperidine rings is 1. The molecule has 1 amide bonds. The van der Waals surface area contributed by atoms with Gasteiger partial charge in [0.15, 0.2) is 0 Å². The number of carboxylic acid groups (broad SMARTS) is 1. The Balaban J connectivity index is 0.000000587. The van der Waals surface area contributed by atoms with E-state index in [0.29, 0.717) is 25.9 Å². The molecule has 0 atom stereocenters. The van der Waals surface area contributed by atoms with Gasteiger partial charge in [-0.2, -0.15) is 17.5 Å². The summed E-state index contributed by atoms with van der Waals surface area (Å²) in [6.07, 6.45) is -3.66. The number of halogens is 3. The van der Waals surface area contributed by atoms with Crippen LogP contribution in [0.15, 0.2) is 53.4 Å². The van der Waals surface area contributed by atoms with Crippen molar-refractivity contribution in [2.24, 2.45) is 0 Å². The van der Waals surface area contributed by atoms with E-state index in [1.807, 2.05) is 38.1 Å². The number of aliphatic carboxylic acids is 1. The number of sulfonamides is 1. The van der Waals surface area contributed by atoms with E-state index in [9.17, 15) is 26.4 Å². The zero-order chi connectivity index (χ0) is 30.2. The lowest BCUT2D eigenvalue weighted by Crippen LogP contribution is -2.53. The van der Waals surface area contributed by atoms with Crippen LogP contribution in [0.5, 0.6) is 0 Å². The van der Waals surface area contributed by atoms with E-state index in [1.165, 1.54) is 9.87 Å². The van der Waals surface area contributed by atoms with Crippen LogP contribution in [0.25, 0.3) is 0 Å². The summed E-state index contributed by atoms with van der Waals surface area (Å²) in [5.74, 6) is -2.87. The van der Waals surface area contributed by atoms with Gasteiger partial charge in [-0.15, -0.1) is 0 Å². The predicted molar refractivity (Wildman–Crippen MR) is 148 cm³/mol. The number of alkyl halides is 3. The molecule has 0 aliphatic carbocycles. The van der Waals surface area contributed by atoms with Crippen molar-refractivity contribution in [1.29, 1.82) is 0 Å². The second-order valence-corrected chi connectivity index (χ2v) is 12.1. The van der Waals surface area contributed by atoms with Gasteiger partial charge in [-0.1, -0.05) is 36.4 Å². The standard InChI is InChI=1S/C26H36N4O3S.C2HF3O2/c1-21-8-9-25(18-22(21)2)34(32,33)30(20-26(31)29-16-12-27-13-17-29)24-10-14-28(15-11-24)19-23-6-4-3-5-7-23;3-2(4,5)1(6)7/h3-9,18,24,27H,10-17,19-20H2,1-2H3;(H,6,7). The van der Waals surface area contributed by atoms with Gasteiger partial charge in [-0.05, 0) is 55.5 Å². The van der Waals surface area contributed by atoms with Crippen molar-refractivity contribution in [1.82, 2.24) is 19.4 Å². The molecule has 0 bridgehead atoms. The molecule has 2 fully saturated rings. The van der Waals surface area contributed by atoms with E-state index in [2.05, 4.69) is 22.3 Å². The minimum absolute atomic E-state index is 0.0986. The Morgan fingerprint density at radius 3 is 2.10 bits per heavy atom. The monoisotopic (exact) mass is 598 g/mol. The molecule has 2 aromatic rings. The smallest absolute Gasteiger partial charge is 0.475 e. The van der Waals surface area contributed by atoms with E-state index in [1.54, 1.807) is 17.0 Å². The van der Waals surface area contributed by atoms with Crippen molar-refractivity contribution in [3.05, 3.63) is 65.2 Å². The molecule has 2 N–H and O–H groups in total. The van der Waals surface area contributed by atoms with Crippen LogP contribution in [0.4, 0.5) is 13.2 Å². The van der Waals surface area contributed by atoms with Gasteiger partial charge in [0.25, 0.3) is 0 Å². The van der Waals surface area contributed by atoms with Gasteiger partial charge in [0.05, 0.1) is 11.4 Å². The number of piperazine rings is 1. The first-order valence-electron chi connectivity index (χ1n) is 13.4. The zero-order valence-corrected chi connectivity index (χ0v) is 24.0. The van der Waals surface area contributed by atoms with Gasteiger partial charge >= 0.3 is 12.1 Å². The molecule has 4 rings (SSSR count). The maximum absolute atomic E-state index is 13.8. The van der Waals surface area contributed by atoms with Crippen molar-refractivity contribution in [2.75, 3.05) is 45.8 Å². The quantitative estimate of drug-likeness (QED) is 0.504. The average Bonchev–Trinajstić information content (AvgIpc) is 2.94. The predicted octanol–water partition coefficient (Wildman–Crippen LogP) is 3.02. The SMILES string of the molecule is Cc1ccc(S(=O)(=O)N(CC(=O)N2CCNCC2)C2CCN(Cc3ccccc3)CC2)cc1C.O=C(O)C(F)(F)F. The molecule has 0 radical (unpaired) electrons. The Bertz CT molecular complexity index is 1280. The topological polar surface area (TPSA) is 110 Å². The van der Waals surface area contributed by atoms with E-state index < -0.39 is 22.2 Å². The Morgan fingerprint density at radius 1 is 0.976 bits per heavy atom. The van der Waals surface area contributed by atoms with Gasteiger partial charge in [0.1, 0.15) is 0 Å². The number of aryl methyl sites for hydroxylation is 2. The van der Waals surface area contributed by atoms with Crippen molar-refractivity contribution in [3.63, 3.8) is 0 Å². The lowest BCUT2D eigenvalue weighted by atomic mass is 10.0. The summed E-state index contributed by atoms with van der Waals surface area (Å²) >= 11 is 0. The summed E-state index contributed by atoms with van der Waals surface area (Å²) in [6.45, 7) is 8.99. The van der Waals surface area contributed by atoms with Crippen LogP contribution in [0.2, 0.25) is 0 Å².